The molecular formula is C24H31N3O2. The maximum atomic E-state index is 13.2. The Morgan fingerprint density at radius 3 is 2.59 bits per heavy atom. The van der Waals surface area contributed by atoms with Gasteiger partial charge < -0.3 is 4.74 Å². The molecule has 1 aliphatic heterocycles. The molecule has 5 nitrogen and oxygen atoms in total. The lowest BCUT2D eigenvalue weighted by atomic mass is 9.95. The largest absolute Gasteiger partial charge is 0.497 e. The minimum Gasteiger partial charge on any atom is -0.497 e. The molecule has 2 aromatic carbocycles. The summed E-state index contributed by atoms with van der Waals surface area (Å²) in [5, 5.41) is 6.50. The first-order valence-electron chi connectivity index (χ1n) is 10.3. The summed E-state index contributed by atoms with van der Waals surface area (Å²) in [5.41, 5.74) is 5.53. The van der Waals surface area contributed by atoms with Gasteiger partial charge in [0.1, 0.15) is 5.75 Å². The zero-order chi connectivity index (χ0) is 21.0. The summed E-state index contributed by atoms with van der Waals surface area (Å²) >= 11 is 0. The van der Waals surface area contributed by atoms with Gasteiger partial charge in [-0.3, -0.25) is 9.69 Å². The van der Waals surface area contributed by atoms with Gasteiger partial charge in [0.15, 0.2) is 0 Å². The molecule has 3 rings (SSSR count). The molecule has 1 aliphatic rings. The number of carbonyl (C=O) groups is 1. The van der Waals surface area contributed by atoms with Crippen molar-refractivity contribution in [3.05, 3.63) is 64.7 Å². The number of hydrogen-bond donors (Lipinski definition) is 0. The fourth-order valence-electron chi connectivity index (χ4n) is 3.86. The van der Waals surface area contributed by atoms with Crippen molar-refractivity contribution in [1.82, 2.24) is 9.91 Å². The summed E-state index contributed by atoms with van der Waals surface area (Å²) < 4.78 is 5.40. The molecule has 1 atom stereocenters. The fraction of sp³-hybridized carbons (Fsp3) is 0.417. The van der Waals surface area contributed by atoms with Crippen LogP contribution in [0.15, 0.2) is 47.6 Å². The smallest absolute Gasteiger partial charge is 0.257 e. The van der Waals surface area contributed by atoms with Crippen molar-refractivity contribution in [2.45, 2.75) is 40.2 Å². The van der Waals surface area contributed by atoms with Gasteiger partial charge in [0.05, 0.1) is 25.4 Å². The minimum atomic E-state index is -0.121. The van der Waals surface area contributed by atoms with Crippen LogP contribution in [0.5, 0.6) is 5.75 Å². The second-order valence-electron chi connectivity index (χ2n) is 7.56. The van der Waals surface area contributed by atoms with Gasteiger partial charge >= 0.3 is 0 Å². The van der Waals surface area contributed by atoms with E-state index in [4.69, 9.17) is 9.84 Å². The van der Waals surface area contributed by atoms with E-state index in [2.05, 4.69) is 50.8 Å². The normalized spacial score (nSPS) is 16.3. The third kappa shape index (κ3) is 4.67. The maximum absolute atomic E-state index is 13.2. The van der Waals surface area contributed by atoms with Crippen molar-refractivity contribution < 1.29 is 9.53 Å². The molecule has 0 saturated carbocycles. The lowest BCUT2D eigenvalue weighted by Crippen LogP contribution is -2.38. The third-order valence-corrected chi connectivity index (χ3v) is 5.59. The predicted molar refractivity (Wildman–Crippen MR) is 117 cm³/mol. The second kappa shape index (κ2) is 9.23. The quantitative estimate of drug-likeness (QED) is 0.703. The van der Waals surface area contributed by atoms with Crippen molar-refractivity contribution in [2.75, 3.05) is 26.7 Å². The van der Waals surface area contributed by atoms with E-state index in [1.165, 1.54) is 11.1 Å². The highest BCUT2D eigenvalue weighted by Crippen LogP contribution is 2.35. The van der Waals surface area contributed by atoms with E-state index in [9.17, 15) is 4.79 Å². The molecule has 154 valence electrons. The van der Waals surface area contributed by atoms with E-state index in [-0.39, 0.29) is 11.9 Å². The summed E-state index contributed by atoms with van der Waals surface area (Å²) in [5.74, 6) is 0.819. The zero-order valence-electron chi connectivity index (χ0n) is 18.1. The lowest BCUT2D eigenvalue weighted by Gasteiger charge is -2.25. The van der Waals surface area contributed by atoms with E-state index in [1.807, 2.05) is 24.3 Å². The average molecular weight is 394 g/mol. The highest BCUT2D eigenvalue weighted by molar-refractivity contribution is 6.04. The Balaban J connectivity index is 1.97. The SMILES string of the molecule is CCN(CC)CC(=O)N1N=C(c2ccc(C)cc2C)C[C@@H]1c1cccc(OC)c1. The first kappa shape index (κ1) is 21.1. The molecule has 0 unspecified atom stereocenters. The Morgan fingerprint density at radius 2 is 1.93 bits per heavy atom. The molecule has 5 heteroatoms. The van der Waals surface area contributed by atoms with Gasteiger partial charge in [0.25, 0.3) is 5.91 Å². The number of carbonyl (C=O) groups excluding carboxylic acids is 1. The molecule has 29 heavy (non-hydrogen) atoms. The zero-order valence-corrected chi connectivity index (χ0v) is 18.1. The van der Waals surface area contributed by atoms with E-state index >= 15 is 0 Å². The molecule has 1 heterocycles. The number of aryl methyl sites for hydroxylation is 2. The van der Waals surface area contributed by atoms with Gasteiger partial charge in [-0.15, -0.1) is 0 Å². The van der Waals surface area contributed by atoms with Crippen molar-refractivity contribution in [3.63, 3.8) is 0 Å². The number of benzene rings is 2. The molecule has 0 fully saturated rings. The number of methoxy groups -OCH3 is 1. The number of hydrogen-bond acceptors (Lipinski definition) is 4. The fourth-order valence-corrected chi connectivity index (χ4v) is 3.86. The molecule has 0 N–H and O–H groups in total. The average Bonchev–Trinajstić information content (AvgIpc) is 3.17. The van der Waals surface area contributed by atoms with Crippen LogP contribution in [0.1, 0.15) is 48.6 Å². The molecule has 1 amide bonds. The van der Waals surface area contributed by atoms with Crippen LogP contribution < -0.4 is 4.74 Å². The van der Waals surface area contributed by atoms with Crippen molar-refractivity contribution in [2.24, 2.45) is 5.10 Å². The Morgan fingerprint density at radius 1 is 1.17 bits per heavy atom. The van der Waals surface area contributed by atoms with E-state index < -0.39 is 0 Å². The van der Waals surface area contributed by atoms with Gasteiger partial charge in [-0.05, 0) is 50.2 Å². The molecule has 0 aliphatic carbocycles. The first-order chi connectivity index (χ1) is 14.0. The summed E-state index contributed by atoms with van der Waals surface area (Å²) in [7, 11) is 1.66. The van der Waals surface area contributed by atoms with Crippen LogP contribution in [0.3, 0.4) is 0 Å². The van der Waals surface area contributed by atoms with Crippen LogP contribution in [-0.4, -0.2) is 48.3 Å². The topological polar surface area (TPSA) is 45.1 Å². The lowest BCUT2D eigenvalue weighted by molar-refractivity contribution is -0.134. The van der Waals surface area contributed by atoms with Gasteiger partial charge in [-0.25, -0.2) is 5.01 Å². The van der Waals surface area contributed by atoms with Crippen LogP contribution >= 0.6 is 0 Å². The monoisotopic (exact) mass is 393 g/mol. The Hall–Kier alpha value is -2.66. The Kier molecular flexibility index (Phi) is 6.70. The number of rotatable bonds is 7. The third-order valence-electron chi connectivity index (χ3n) is 5.59. The minimum absolute atomic E-state index is 0.0290. The summed E-state index contributed by atoms with van der Waals surface area (Å²) in [6, 6.07) is 14.2. The van der Waals surface area contributed by atoms with Gasteiger partial charge in [-0.2, -0.15) is 5.10 Å². The molecule has 0 saturated heterocycles. The predicted octanol–water partition coefficient (Wildman–Crippen LogP) is 4.33. The van der Waals surface area contributed by atoms with Crippen LogP contribution in [-0.2, 0) is 4.79 Å². The number of nitrogens with zero attached hydrogens (tertiary/aromatic N) is 3. The standard InChI is InChI=1S/C24H31N3O2/c1-6-26(7-2)16-24(28)27-23(19-9-8-10-20(14-19)29-5)15-22(25-27)21-12-11-17(3)13-18(21)4/h8-14,23H,6-7,15-16H2,1-5H3/t23-/m1/s1. The van der Waals surface area contributed by atoms with Crippen LogP contribution in [0.25, 0.3) is 0 Å². The number of hydrazone groups is 1. The summed E-state index contributed by atoms with van der Waals surface area (Å²) in [6.45, 7) is 10.4. The van der Waals surface area contributed by atoms with Crippen molar-refractivity contribution in [1.29, 1.82) is 0 Å². The Labute approximate surface area is 174 Å². The van der Waals surface area contributed by atoms with Crippen molar-refractivity contribution in [3.8, 4) is 5.75 Å². The van der Waals surface area contributed by atoms with Crippen LogP contribution in [0.4, 0.5) is 0 Å². The van der Waals surface area contributed by atoms with E-state index in [1.54, 1.807) is 12.1 Å². The van der Waals surface area contributed by atoms with Crippen LogP contribution in [0.2, 0.25) is 0 Å². The first-order valence-corrected chi connectivity index (χ1v) is 10.3. The van der Waals surface area contributed by atoms with Crippen LogP contribution in [0, 0.1) is 13.8 Å². The highest BCUT2D eigenvalue weighted by Gasteiger charge is 2.34. The van der Waals surface area contributed by atoms with Gasteiger partial charge in [-0.1, -0.05) is 49.7 Å². The highest BCUT2D eigenvalue weighted by atomic mass is 16.5. The van der Waals surface area contributed by atoms with E-state index in [0.29, 0.717) is 13.0 Å². The van der Waals surface area contributed by atoms with Gasteiger partial charge in [0, 0.05) is 12.0 Å². The molecule has 2 aromatic rings. The number of ether oxygens (including phenoxy) is 1. The number of likely N-dealkylation sites (N-methyl/N-ethyl adjacent to an activating group) is 1. The summed E-state index contributed by atoms with van der Waals surface area (Å²) in [4.78, 5) is 15.3. The maximum Gasteiger partial charge on any atom is 0.257 e. The molecule has 0 radical (unpaired) electrons. The molecule has 0 spiro atoms. The molecule has 0 aromatic heterocycles. The summed E-state index contributed by atoms with van der Waals surface area (Å²) in [6.07, 6.45) is 0.695. The number of amides is 1. The van der Waals surface area contributed by atoms with Gasteiger partial charge in [0.2, 0.25) is 0 Å². The molecule has 0 bridgehead atoms. The van der Waals surface area contributed by atoms with Crippen molar-refractivity contribution >= 4 is 11.6 Å². The molecular weight excluding hydrogens is 362 g/mol. The second-order valence-corrected chi connectivity index (χ2v) is 7.56. The Bertz CT molecular complexity index is 903. The van der Waals surface area contributed by atoms with E-state index in [0.717, 1.165) is 35.7 Å².